The van der Waals surface area contributed by atoms with Crippen LogP contribution in [0.25, 0.3) is 0 Å². The summed E-state index contributed by atoms with van der Waals surface area (Å²) >= 11 is 3.49. The summed E-state index contributed by atoms with van der Waals surface area (Å²) in [6.07, 6.45) is 3.15. The predicted octanol–water partition coefficient (Wildman–Crippen LogP) is 2.93. The maximum atomic E-state index is 12.2. The zero-order valence-corrected chi connectivity index (χ0v) is 13.0. The van der Waals surface area contributed by atoms with Gasteiger partial charge in [-0.15, -0.1) is 0 Å². The molecule has 1 aliphatic rings. The van der Waals surface area contributed by atoms with Gasteiger partial charge in [0.1, 0.15) is 0 Å². The topological polar surface area (TPSA) is 55.1 Å². The molecule has 0 aliphatic heterocycles. The van der Waals surface area contributed by atoms with Crippen molar-refractivity contribution in [2.24, 2.45) is 11.7 Å². The van der Waals surface area contributed by atoms with Crippen molar-refractivity contribution >= 4 is 21.8 Å². The van der Waals surface area contributed by atoms with Crippen LogP contribution in [-0.2, 0) is 10.3 Å². The second-order valence-corrected chi connectivity index (χ2v) is 6.50. The van der Waals surface area contributed by atoms with Gasteiger partial charge >= 0.3 is 0 Å². The van der Waals surface area contributed by atoms with E-state index in [-0.39, 0.29) is 23.4 Å². The van der Waals surface area contributed by atoms with E-state index >= 15 is 0 Å². The Hall–Kier alpha value is -0.870. The summed E-state index contributed by atoms with van der Waals surface area (Å²) in [7, 11) is 0. The zero-order chi connectivity index (χ0) is 14.0. The molecule has 0 heterocycles. The monoisotopic (exact) mass is 324 g/mol. The van der Waals surface area contributed by atoms with E-state index in [9.17, 15) is 4.79 Å². The summed E-state index contributed by atoms with van der Waals surface area (Å²) < 4.78 is 1.05. The van der Waals surface area contributed by atoms with Crippen LogP contribution in [0.5, 0.6) is 0 Å². The van der Waals surface area contributed by atoms with Crippen molar-refractivity contribution in [2.45, 2.75) is 44.7 Å². The average Bonchev–Trinajstić information content (AvgIpc) is 2.32. The van der Waals surface area contributed by atoms with Gasteiger partial charge in [-0.05, 0) is 43.9 Å². The molecule has 1 aromatic carbocycles. The third-order valence-corrected chi connectivity index (χ3v) is 4.64. The quantitative estimate of drug-likeness (QED) is 0.894. The van der Waals surface area contributed by atoms with Crippen LogP contribution in [0.2, 0.25) is 0 Å². The zero-order valence-electron chi connectivity index (χ0n) is 11.4. The van der Waals surface area contributed by atoms with E-state index in [4.69, 9.17) is 5.73 Å². The minimum atomic E-state index is -0.190. The molecule has 0 saturated heterocycles. The molecule has 2 atom stereocenters. The molecule has 1 aromatic rings. The molecule has 3 nitrogen and oxygen atoms in total. The fourth-order valence-corrected chi connectivity index (χ4v) is 2.79. The number of hydrogen-bond acceptors (Lipinski definition) is 2. The number of nitrogens with one attached hydrogen (secondary N) is 1. The highest BCUT2D eigenvalue weighted by Crippen LogP contribution is 2.42. The Morgan fingerprint density at radius 1 is 1.42 bits per heavy atom. The second-order valence-electron chi connectivity index (χ2n) is 5.58. The maximum absolute atomic E-state index is 12.2. The predicted molar refractivity (Wildman–Crippen MR) is 80.6 cm³/mol. The molecule has 0 bridgehead atoms. The summed E-state index contributed by atoms with van der Waals surface area (Å²) in [6.45, 7) is 3.75. The van der Waals surface area contributed by atoms with Gasteiger partial charge in [-0.3, -0.25) is 4.79 Å². The van der Waals surface area contributed by atoms with Crippen LogP contribution in [0.15, 0.2) is 28.7 Å². The Balaban J connectivity index is 2.18. The molecule has 1 fully saturated rings. The minimum Gasteiger partial charge on any atom is -0.346 e. The lowest BCUT2D eigenvalue weighted by atomic mass is 9.71. The summed E-state index contributed by atoms with van der Waals surface area (Å²) in [6, 6.07) is 8.07. The summed E-state index contributed by atoms with van der Waals surface area (Å²) in [4.78, 5) is 12.2. The lowest BCUT2D eigenvalue weighted by Gasteiger charge is -2.44. The van der Waals surface area contributed by atoms with E-state index in [1.165, 1.54) is 5.56 Å². The van der Waals surface area contributed by atoms with Gasteiger partial charge in [0.15, 0.2) is 0 Å². The van der Waals surface area contributed by atoms with Gasteiger partial charge < -0.3 is 11.1 Å². The highest BCUT2D eigenvalue weighted by molar-refractivity contribution is 9.10. The molecule has 19 heavy (non-hydrogen) atoms. The molecule has 4 heteroatoms. The number of rotatable bonds is 4. The Labute approximate surface area is 123 Å². The Bertz CT molecular complexity index is 469. The maximum Gasteiger partial charge on any atom is 0.225 e. The first-order valence-corrected chi connectivity index (χ1v) is 7.57. The van der Waals surface area contributed by atoms with Crippen LogP contribution in [0.3, 0.4) is 0 Å². The standard InChI is InChI=1S/C15H21BrN2O/c1-10(11(2)17)14(19)18-15(7-4-8-15)12-5-3-6-13(16)9-12/h3,5-6,9-11H,4,7-8,17H2,1-2H3,(H,18,19). The number of carbonyl (C=O) groups excluding carboxylic acids is 1. The molecule has 3 N–H and O–H groups in total. The van der Waals surface area contributed by atoms with Gasteiger partial charge in [-0.2, -0.15) is 0 Å². The molecule has 1 aliphatic carbocycles. The minimum absolute atomic E-state index is 0.0506. The summed E-state index contributed by atoms with van der Waals surface area (Å²) in [5.41, 5.74) is 6.80. The van der Waals surface area contributed by atoms with Crippen molar-refractivity contribution < 1.29 is 4.79 Å². The fourth-order valence-electron chi connectivity index (χ4n) is 2.39. The SMILES string of the molecule is CC(N)C(C)C(=O)NC1(c2cccc(Br)c2)CCC1. The molecule has 0 aromatic heterocycles. The number of amides is 1. The van der Waals surface area contributed by atoms with Crippen LogP contribution in [0, 0.1) is 5.92 Å². The molecule has 104 valence electrons. The van der Waals surface area contributed by atoms with Gasteiger partial charge in [-0.1, -0.05) is 35.0 Å². The van der Waals surface area contributed by atoms with E-state index in [0.29, 0.717) is 0 Å². The van der Waals surface area contributed by atoms with Crippen LogP contribution >= 0.6 is 15.9 Å². The van der Waals surface area contributed by atoms with E-state index in [2.05, 4.69) is 33.4 Å². The van der Waals surface area contributed by atoms with Crippen molar-refractivity contribution in [3.05, 3.63) is 34.3 Å². The summed E-state index contributed by atoms with van der Waals surface area (Å²) in [5.74, 6) is -0.112. The average molecular weight is 325 g/mol. The van der Waals surface area contributed by atoms with Crippen molar-refractivity contribution in [3.8, 4) is 0 Å². The molecule has 2 rings (SSSR count). The number of nitrogens with two attached hydrogens (primary N) is 1. The molecular weight excluding hydrogens is 304 g/mol. The number of hydrogen-bond donors (Lipinski definition) is 2. The first-order chi connectivity index (χ1) is 8.94. The van der Waals surface area contributed by atoms with E-state index < -0.39 is 0 Å². The largest absolute Gasteiger partial charge is 0.346 e. The van der Waals surface area contributed by atoms with Crippen LogP contribution < -0.4 is 11.1 Å². The Morgan fingerprint density at radius 3 is 2.58 bits per heavy atom. The van der Waals surface area contributed by atoms with Gasteiger partial charge in [0, 0.05) is 16.4 Å². The second kappa shape index (κ2) is 5.63. The molecular formula is C15H21BrN2O. The van der Waals surface area contributed by atoms with Crippen molar-refractivity contribution in [2.75, 3.05) is 0 Å². The normalized spacial score (nSPS) is 20.2. The lowest BCUT2D eigenvalue weighted by Crippen LogP contribution is -2.53. The van der Waals surface area contributed by atoms with Crippen LogP contribution in [-0.4, -0.2) is 11.9 Å². The third-order valence-electron chi connectivity index (χ3n) is 4.15. The first kappa shape index (κ1) is 14.5. The van der Waals surface area contributed by atoms with Gasteiger partial charge in [0.2, 0.25) is 5.91 Å². The third kappa shape index (κ3) is 3.00. The van der Waals surface area contributed by atoms with Crippen molar-refractivity contribution in [1.82, 2.24) is 5.32 Å². The highest BCUT2D eigenvalue weighted by atomic mass is 79.9. The molecule has 2 unspecified atom stereocenters. The van der Waals surface area contributed by atoms with E-state index in [0.717, 1.165) is 23.7 Å². The number of benzene rings is 1. The van der Waals surface area contributed by atoms with Crippen LogP contribution in [0.4, 0.5) is 0 Å². The first-order valence-electron chi connectivity index (χ1n) is 6.78. The number of halogens is 1. The lowest BCUT2D eigenvalue weighted by molar-refractivity contribution is -0.128. The smallest absolute Gasteiger partial charge is 0.225 e. The summed E-state index contributed by atoms with van der Waals surface area (Å²) in [5, 5.41) is 3.21. The van der Waals surface area contributed by atoms with Crippen LogP contribution in [0.1, 0.15) is 38.7 Å². The molecule has 0 spiro atoms. The molecule has 1 saturated carbocycles. The van der Waals surface area contributed by atoms with Gasteiger partial charge in [0.05, 0.1) is 5.54 Å². The van der Waals surface area contributed by atoms with E-state index in [1.54, 1.807) is 0 Å². The van der Waals surface area contributed by atoms with Gasteiger partial charge in [-0.25, -0.2) is 0 Å². The van der Waals surface area contributed by atoms with Crippen molar-refractivity contribution in [1.29, 1.82) is 0 Å². The Kier molecular flexibility index (Phi) is 4.31. The number of carbonyl (C=O) groups is 1. The van der Waals surface area contributed by atoms with Crippen molar-refractivity contribution in [3.63, 3.8) is 0 Å². The van der Waals surface area contributed by atoms with Gasteiger partial charge in [0.25, 0.3) is 0 Å². The molecule has 1 amide bonds. The fraction of sp³-hybridized carbons (Fsp3) is 0.533. The van der Waals surface area contributed by atoms with E-state index in [1.807, 2.05) is 26.0 Å². The highest BCUT2D eigenvalue weighted by Gasteiger charge is 2.41. The Morgan fingerprint density at radius 2 is 2.11 bits per heavy atom. The molecule has 0 radical (unpaired) electrons.